The number of halogens is 2. The number of aryl methyl sites for hydroxylation is 2. The number of fused-ring (bicyclic) bond motifs is 2. The van der Waals surface area contributed by atoms with Crippen LogP contribution in [0, 0.1) is 45.4 Å². The van der Waals surface area contributed by atoms with E-state index in [1.165, 1.54) is 0 Å². The second-order valence-electron chi connectivity index (χ2n) is 15.0. The number of ketones is 2. The summed E-state index contributed by atoms with van der Waals surface area (Å²) in [6, 6.07) is 0. The Morgan fingerprint density at radius 1 is 0.825 bits per heavy atom. The first-order chi connectivity index (χ1) is 29.3. The Hall–Kier alpha value is -3.71. The van der Waals surface area contributed by atoms with Gasteiger partial charge in [-0.1, -0.05) is 50.9 Å². The van der Waals surface area contributed by atoms with Gasteiger partial charge in [0.2, 0.25) is 11.9 Å². The molecule has 5 N–H and O–H groups in total. The van der Waals surface area contributed by atoms with E-state index >= 15 is 0 Å². The number of hydrogen-bond donors (Lipinski definition) is 3. The topological polar surface area (TPSA) is 275 Å². The number of nitrogens with two attached hydrogens (primary N) is 2. The minimum Gasteiger partial charge on any atom is -0.662 e. The number of pyridine rings is 2. The van der Waals surface area contributed by atoms with E-state index in [1.807, 2.05) is 65.2 Å². The largest absolute Gasteiger partial charge is 1.00 e. The first-order valence-electron chi connectivity index (χ1n) is 19.3. The van der Waals surface area contributed by atoms with Gasteiger partial charge in [0, 0.05) is 60.1 Å². The van der Waals surface area contributed by atoms with Crippen molar-refractivity contribution in [2.75, 3.05) is 48.6 Å². The Labute approximate surface area is 435 Å². The molecular formula is C41H53Cl2CsN10O9. The molecule has 2 aliphatic rings. The molecular weight excluding hydrogens is 980 g/mol. The van der Waals surface area contributed by atoms with Gasteiger partial charge < -0.3 is 50.8 Å². The van der Waals surface area contributed by atoms with Crippen LogP contribution in [-0.4, -0.2) is 92.7 Å². The van der Waals surface area contributed by atoms with Crippen LogP contribution in [0.25, 0.3) is 0 Å². The Morgan fingerprint density at radius 2 is 1.25 bits per heavy atom. The van der Waals surface area contributed by atoms with E-state index in [2.05, 4.69) is 34.8 Å². The van der Waals surface area contributed by atoms with Crippen LogP contribution in [0.15, 0.2) is 12.4 Å². The summed E-state index contributed by atoms with van der Waals surface area (Å²) in [6.45, 7) is 16.7. The average molecular weight is 1030 g/mol. The number of methoxy groups -OCH3 is 2. The zero-order valence-electron chi connectivity index (χ0n) is 37.4. The second-order valence-corrected chi connectivity index (χ2v) is 15.7. The van der Waals surface area contributed by atoms with Gasteiger partial charge in [-0.2, -0.15) is 9.97 Å². The molecule has 4 aromatic rings. The van der Waals surface area contributed by atoms with Crippen LogP contribution in [0.1, 0.15) is 88.5 Å². The van der Waals surface area contributed by atoms with Gasteiger partial charge >= 0.3 is 68.9 Å². The molecule has 2 atom stereocenters. The molecule has 0 spiro atoms. The Bertz CT molecular complexity index is 2250. The van der Waals surface area contributed by atoms with E-state index < -0.39 is 12.0 Å². The third-order valence-corrected chi connectivity index (χ3v) is 10.3. The minimum atomic E-state index is -0.826. The number of nitrogen functional groups attached to an aromatic ring is 2. The number of ether oxygens (including phenoxy) is 2. The normalized spacial score (nSPS) is 14.3. The van der Waals surface area contributed by atoms with Gasteiger partial charge in [-0.25, -0.2) is 9.97 Å². The summed E-state index contributed by atoms with van der Waals surface area (Å²) < 4.78 is 11.0. The van der Waals surface area contributed by atoms with Crippen LogP contribution in [0.3, 0.4) is 0 Å². The van der Waals surface area contributed by atoms with Crippen LogP contribution in [0.2, 0.25) is 10.3 Å². The molecule has 6 heterocycles. The number of aromatic nitrogens is 6. The molecule has 0 amide bonds. The average Bonchev–Trinajstić information content (AvgIpc) is 3.22. The van der Waals surface area contributed by atoms with Gasteiger partial charge in [0.25, 0.3) is 6.47 Å². The van der Waals surface area contributed by atoms with Crippen LogP contribution in [-0.2, 0) is 27.6 Å². The van der Waals surface area contributed by atoms with Crippen molar-refractivity contribution in [3.05, 3.63) is 67.5 Å². The molecule has 4 aromatic heterocycles. The summed E-state index contributed by atoms with van der Waals surface area (Å²) in [5.74, 6) is 1.55. The second kappa shape index (κ2) is 25.7. The summed E-state index contributed by atoms with van der Waals surface area (Å²) in [7, 11) is 3.26. The maximum Gasteiger partial charge on any atom is 1.00 e. The van der Waals surface area contributed by atoms with E-state index in [-0.39, 0.29) is 133 Å². The molecule has 63 heavy (non-hydrogen) atoms. The zero-order valence-corrected chi connectivity index (χ0v) is 45.1. The standard InChI is InChI=1S/C20H26ClN5O3.C16H18ClN5O2.C4H8O.CH2O3.Cs/c1-9(2)15(27)12-7-26(8-13-11(4)17(29-5)10(3)6-23-13)19-14(16(12)28)18(21)24-20(22)25-19;1-8-6-19-10(9(2)13(8)24-3)7-22-5-4-11(23)12-14(17)20-16(18)21-15(12)22;1-4(2)3-5;2-1-4-3;/h6,9,12,15,27H,7-8H2,1-5H3,(H2,22,24,25);6H,4-5,7H2,1-3H3,(H2,18,20,21);3-4H,1-2H3;1,3H;/q;;;;+1/p-1. The van der Waals surface area contributed by atoms with Gasteiger partial charge in [-0.3, -0.25) is 24.4 Å². The molecule has 0 saturated carbocycles. The number of nitrogens with zero attached hydrogens (tertiary/aromatic N) is 8. The summed E-state index contributed by atoms with van der Waals surface area (Å²) in [5.41, 5.74) is 17.4. The predicted molar refractivity (Wildman–Crippen MR) is 231 cm³/mol. The van der Waals surface area contributed by atoms with Crippen molar-refractivity contribution >= 4 is 71.1 Å². The molecule has 0 aliphatic carbocycles. The van der Waals surface area contributed by atoms with Crippen LogP contribution in [0.5, 0.6) is 11.5 Å². The molecule has 0 saturated heterocycles. The van der Waals surface area contributed by atoms with Crippen LogP contribution < -0.4 is 105 Å². The Balaban J connectivity index is 0.000000362. The SMILES string of the molecule is CC(C)C=O.COc1c(C)cnc(CN2CC(C(O)C(C)C)C(=O)c3c(Cl)nc(N)nc32)c1C.COc1c(C)cnc(CN2CCC(=O)c3c(Cl)nc(N)nc32)c1C.O=CO[O-].[Cs+]. The van der Waals surface area contributed by atoms with Crippen molar-refractivity contribution in [1.29, 1.82) is 0 Å². The fourth-order valence-corrected chi connectivity index (χ4v) is 7.23. The van der Waals surface area contributed by atoms with E-state index in [1.54, 1.807) is 26.6 Å². The Kier molecular flexibility index (Phi) is 22.6. The fourth-order valence-electron chi connectivity index (χ4n) is 6.69. The molecule has 22 heteroatoms. The molecule has 2 aliphatic heterocycles. The van der Waals surface area contributed by atoms with Gasteiger partial charge in [-0.05, 0) is 33.6 Å². The number of aldehydes is 1. The zero-order chi connectivity index (χ0) is 46.6. The van der Waals surface area contributed by atoms with Crippen molar-refractivity contribution < 1.29 is 113 Å². The van der Waals surface area contributed by atoms with E-state index in [9.17, 15) is 19.5 Å². The van der Waals surface area contributed by atoms with Crippen molar-refractivity contribution in [1.82, 2.24) is 29.9 Å². The van der Waals surface area contributed by atoms with Crippen molar-refractivity contribution in [3.63, 3.8) is 0 Å². The van der Waals surface area contributed by atoms with E-state index in [0.29, 0.717) is 43.3 Å². The van der Waals surface area contributed by atoms with E-state index in [4.69, 9.17) is 54.2 Å². The third kappa shape index (κ3) is 14.1. The van der Waals surface area contributed by atoms with Gasteiger partial charge in [0.05, 0.1) is 61.8 Å². The monoisotopic (exact) mass is 1030 g/mol. The van der Waals surface area contributed by atoms with Crippen LogP contribution >= 0.6 is 23.2 Å². The fraction of sp³-hybridized carbons (Fsp3) is 0.463. The summed E-state index contributed by atoms with van der Waals surface area (Å²) in [4.78, 5) is 75.2. The summed E-state index contributed by atoms with van der Waals surface area (Å²) in [6.07, 6.45) is 3.97. The molecule has 336 valence electrons. The van der Waals surface area contributed by atoms with Gasteiger partial charge in [-0.15, -0.1) is 0 Å². The maximum absolute atomic E-state index is 13.1. The molecule has 0 fully saturated rings. The summed E-state index contributed by atoms with van der Waals surface area (Å²) >= 11 is 12.4. The van der Waals surface area contributed by atoms with Crippen molar-refractivity contribution in [3.8, 4) is 11.5 Å². The number of aliphatic hydroxyl groups excluding tert-OH is 1. The molecule has 6 rings (SSSR count). The summed E-state index contributed by atoms with van der Waals surface area (Å²) in [5, 5.41) is 19.2. The smallest absolute Gasteiger partial charge is 0.662 e. The number of carbonyl (C=O) groups is 4. The maximum atomic E-state index is 13.1. The molecule has 2 unspecified atom stereocenters. The predicted octanol–water partition coefficient (Wildman–Crippen LogP) is 1.17. The molecule has 19 nitrogen and oxygen atoms in total. The Morgan fingerprint density at radius 3 is 1.67 bits per heavy atom. The van der Waals surface area contributed by atoms with Gasteiger partial charge in [0.1, 0.15) is 39.7 Å². The third-order valence-electron chi connectivity index (χ3n) is 9.80. The number of hydrogen-bond acceptors (Lipinski definition) is 19. The quantitative estimate of drug-likeness (QED) is 0.0870. The number of rotatable bonds is 10. The molecule has 0 bridgehead atoms. The molecule has 0 radical (unpaired) electrons. The van der Waals surface area contributed by atoms with Crippen LogP contribution in [0.4, 0.5) is 23.5 Å². The van der Waals surface area contributed by atoms with Crippen molar-refractivity contribution in [2.24, 2.45) is 17.8 Å². The van der Waals surface area contributed by atoms with Gasteiger partial charge in [0.15, 0.2) is 11.6 Å². The minimum absolute atomic E-state index is 0. The number of Topliss-reactive ketones (excluding diaryl/α,β-unsaturated/α-hetero) is 2. The first-order valence-corrected chi connectivity index (χ1v) is 20.1. The number of anilines is 4. The first kappa shape index (κ1) is 55.4. The number of aliphatic hydroxyl groups is 1. The number of carbonyl (C=O) groups excluding carboxylic acids is 4. The molecule has 0 aromatic carbocycles. The van der Waals surface area contributed by atoms with E-state index in [0.717, 1.165) is 51.4 Å². The van der Waals surface area contributed by atoms with Crippen molar-refractivity contribution in [2.45, 2.75) is 81.0 Å².